The molecule has 0 aliphatic rings. The molecule has 0 heterocycles. The minimum absolute atomic E-state index is 0.0948. The number of halogens is 1. The van der Waals surface area contributed by atoms with Gasteiger partial charge in [0, 0.05) is 17.6 Å². The van der Waals surface area contributed by atoms with Crippen LogP contribution in [0.1, 0.15) is 26.3 Å². The summed E-state index contributed by atoms with van der Waals surface area (Å²) in [6.07, 6.45) is 1.03. The third-order valence-electron chi connectivity index (χ3n) is 4.57. The van der Waals surface area contributed by atoms with Gasteiger partial charge >= 0.3 is 0 Å². The average molecular weight is 466 g/mol. The molecule has 0 saturated heterocycles. The number of hydrogen-bond acceptors (Lipinski definition) is 4. The fourth-order valence-corrected chi connectivity index (χ4v) is 4.04. The van der Waals surface area contributed by atoms with Gasteiger partial charge in [0.05, 0.1) is 11.9 Å². The number of rotatable bonds is 9. The first-order chi connectivity index (χ1) is 14.5. The second-order valence-electron chi connectivity index (χ2n) is 7.60. The van der Waals surface area contributed by atoms with Crippen molar-refractivity contribution in [3.8, 4) is 0 Å². The van der Waals surface area contributed by atoms with Gasteiger partial charge in [0.1, 0.15) is 12.6 Å². The van der Waals surface area contributed by atoms with Gasteiger partial charge in [-0.1, -0.05) is 48.0 Å². The summed E-state index contributed by atoms with van der Waals surface area (Å²) in [5, 5.41) is 3.16. The Balaban J connectivity index is 2.36. The van der Waals surface area contributed by atoms with Gasteiger partial charge in [0.2, 0.25) is 21.8 Å². The number of benzene rings is 2. The molecule has 2 amide bonds. The number of carbonyl (C=O) groups excluding carboxylic acids is 2. The van der Waals surface area contributed by atoms with Crippen LogP contribution in [0.15, 0.2) is 54.6 Å². The van der Waals surface area contributed by atoms with Crippen molar-refractivity contribution in [1.82, 2.24) is 10.2 Å². The van der Waals surface area contributed by atoms with Gasteiger partial charge in [0.25, 0.3) is 0 Å². The maximum atomic E-state index is 13.3. The lowest BCUT2D eigenvalue weighted by Crippen LogP contribution is -2.52. The summed E-state index contributed by atoms with van der Waals surface area (Å²) in [5.74, 6) is -0.811. The quantitative estimate of drug-likeness (QED) is 0.616. The summed E-state index contributed by atoms with van der Waals surface area (Å²) in [5.41, 5.74) is 1.11. The highest BCUT2D eigenvalue weighted by Gasteiger charge is 2.30. The number of carbonyl (C=O) groups is 2. The summed E-state index contributed by atoms with van der Waals surface area (Å²) in [6, 6.07) is 14.6. The molecular weight excluding hydrogens is 438 g/mol. The Kier molecular flexibility index (Phi) is 8.47. The Morgan fingerprint density at radius 2 is 1.68 bits per heavy atom. The van der Waals surface area contributed by atoms with Gasteiger partial charge in [-0.25, -0.2) is 8.42 Å². The Hall–Kier alpha value is -2.58. The van der Waals surface area contributed by atoms with E-state index in [4.69, 9.17) is 11.6 Å². The highest BCUT2D eigenvalue weighted by molar-refractivity contribution is 7.92. The minimum Gasteiger partial charge on any atom is -0.352 e. The average Bonchev–Trinajstić information content (AvgIpc) is 2.69. The van der Waals surface area contributed by atoms with Crippen LogP contribution >= 0.6 is 11.6 Å². The van der Waals surface area contributed by atoms with E-state index in [0.717, 1.165) is 16.1 Å². The normalized spacial score (nSPS) is 12.3. The lowest BCUT2D eigenvalue weighted by Gasteiger charge is -2.31. The number of nitrogens with one attached hydrogen (secondary N) is 1. The van der Waals surface area contributed by atoms with Crippen molar-refractivity contribution in [2.75, 3.05) is 17.1 Å². The summed E-state index contributed by atoms with van der Waals surface area (Å²) < 4.78 is 25.9. The van der Waals surface area contributed by atoms with E-state index in [1.54, 1.807) is 25.1 Å². The summed E-state index contributed by atoms with van der Waals surface area (Å²) >= 11 is 6.02. The molecule has 31 heavy (non-hydrogen) atoms. The Labute approximate surface area is 189 Å². The van der Waals surface area contributed by atoms with Crippen LogP contribution in [0.3, 0.4) is 0 Å². The third-order valence-corrected chi connectivity index (χ3v) is 5.95. The first kappa shape index (κ1) is 24.7. The maximum Gasteiger partial charge on any atom is 0.244 e. The number of amides is 2. The van der Waals surface area contributed by atoms with Gasteiger partial charge in [0.15, 0.2) is 0 Å². The fourth-order valence-electron chi connectivity index (χ4n) is 3.01. The first-order valence-electron chi connectivity index (χ1n) is 9.86. The number of nitrogens with zero attached hydrogens (tertiary/aromatic N) is 2. The predicted molar refractivity (Wildman–Crippen MR) is 123 cm³/mol. The summed E-state index contributed by atoms with van der Waals surface area (Å²) in [6.45, 7) is 5.00. The van der Waals surface area contributed by atoms with Crippen molar-refractivity contribution in [2.45, 2.75) is 39.4 Å². The molecule has 2 aromatic carbocycles. The largest absolute Gasteiger partial charge is 0.352 e. The number of sulfonamides is 1. The van der Waals surface area contributed by atoms with Crippen LogP contribution in [-0.4, -0.2) is 50.0 Å². The Morgan fingerprint density at radius 1 is 1.03 bits per heavy atom. The second-order valence-corrected chi connectivity index (χ2v) is 9.94. The maximum absolute atomic E-state index is 13.3. The number of anilines is 1. The topological polar surface area (TPSA) is 86.8 Å². The van der Waals surface area contributed by atoms with Gasteiger partial charge in [-0.3, -0.25) is 13.9 Å². The van der Waals surface area contributed by atoms with Crippen molar-refractivity contribution in [3.63, 3.8) is 0 Å². The molecule has 168 valence electrons. The monoisotopic (exact) mass is 465 g/mol. The predicted octanol–water partition coefficient (Wildman–Crippen LogP) is 3.05. The molecule has 9 heteroatoms. The Bertz CT molecular complexity index is 1010. The van der Waals surface area contributed by atoms with E-state index in [1.165, 1.54) is 11.0 Å². The summed E-state index contributed by atoms with van der Waals surface area (Å²) in [4.78, 5) is 27.3. The second kappa shape index (κ2) is 10.6. The van der Waals surface area contributed by atoms with Crippen LogP contribution < -0.4 is 9.62 Å². The van der Waals surface area contributed by atoms with E-state index in [1.807, 2.05) is 44.2 Å². The molecule has 1 N–H and O–H groups in total. The van der Waals surface area contributed by atoms with Crippen molar-refractivity contribution in [2.24, 2.45) is 0 Å². The van der Waals surface area contributed by atoms with E-state index < -0.39 is 28.5 Å². The van der Waals surface area contributed by atoms with Crippen molar-refractivity contribution < 1.29 is 18.0 Å². The van der Waals surface area contributed by atoms with Crippen molar-refractivity contribution in [1.29, 1.82) is 0 Å². The van der Waals surface area contributed by atoms with E-state index in [9.17, 15) is 18.0 Å². The van der Waals surface area contributed by atoms with Gasteiger partial charge in [-0.15, -0.1) is 0 Å². The zero-order chi connectivity index (χ0) is 23.2. The zero-order valence-corrected chi connectivity index (χ0v) is 19.7. The lowest BCUT2D eigenvalue weighted by molar-refractivity contribution is -0.139. The molecular formula is C22H28ClN3O4S. The molecule has 0 spiro atoms. The van der Waals surface area contributed by atoms with E-state index in [-0.39, 0.29) is 24.2 Å². The van der Waals surface area contributed by atoms with Crippen LogP contribution in [0.5, 0.6) is 0 Å². The third kappa shape index (κ3) is 7.25. The highest BCUT2D eigenvalue weighted by Crippen LogP contribution is 2.22. The minimum atomic E-state index is -3.77. The molecule has 0 saturated carbocycles. The molecule has 0 fully saturated rings. The van der Waals surface area contributed by atoms with Crippen LogP contribution in [-0.2, 0) is 26.2 Å². The SMILES string of the molecule is CC(C)NC(=O)C(C)N(Cc1ccccc1)C(=O)CN(c1cccc(Cl)c1)S(C)(=O)=O. The molecule has 0 aromatic heterocycles. The first-order valence-corrected chi connectivity index (χ1v) is 12.1. The fraction of sp³-hybridized carbons (Fsp3) is 0.364. The molecule has 0 aliphatic carbocycles. The van der Waals surface area contributed by atoms with E-state index in [0.29, 0.717) is 5.02 Å². The molecule has 0 bridgehead atoms. The summed E-state index contributed by atoms with van der Waals surface area (Å²) in [7, 11) is -3.77. The molecule has 1 atom stereocenters. The molecule has 2 rings (SSSR count). The van der Waals surface area contributed by atoms with Crippen LogP contribution in [0.4, 0.5) is 5.69 Å². The van der Waals surface area contributed by atoms with Crippen LogP contribution in [0.25, 0.3) is 0 Å². The molecule has 7 nitrogen and oxygen atoms in total. The smallest absolute Gasteiger partial charge is 0.244 e. The molecule has 0 radical (unpaired) electrons. The van der Waals surface area contributed by atoms with E-state index >= 15 is 0 Å². The van der Waals surface area contributed by atoms with E-state index in [2.05, 4.69) is 5.32 Å². The van der Waals surface area contributed by atoms with Crippen molar-refractivity contribution >= 4 is 39.1 Å². The van der Waals surface area contributed by atoms with Gasteiger partial charge in [-0.05, 0) is 44.5 Å². The molecule has 1 unspecified atom stereocenters. The van der Waals surface area contributed by atoms with Gasteiger partial charge < -0.3 is 10.2 Å². The highest BCUT2D eigenvalue weighted by atomic mass is 35.5. The van der Waals surface area contributed by atoms with Crippen LogP contribution in [0, 0.1) is 0 Å². The van der Waals surface area contributed by atoms with Gasteiger partial charge in [-0.2, -0.15) is 0 Å². The molecule has 2 aromatic rings. The Morgan fingerprint density at radius 3 is 2.23 bits per heavy atom. The lowest BCUT2D eigenvalue weighted by atomic mass is 10.1. The molecule has 0 aliphatic heterocycles. The zero-order valence-electron chi connectivity index (χ0n) is 18.1. The number of hydrogen-bond donors (Lipinski definition) is 1. The van der Waals surface area contributed by atoms with Crippen molar-refractivity contribution in [3.05, 3.63) is 65.2 Å². The standard InChI is InChI=1S/C22H28ClN3O4S/c1-16(2)24-22(28)17(3)25(14-18-9-6-5-7-10-18)21(27)15-26(31(4,29)30)20-12-8-11-19(23)13-20/h5-13,16-17H,14-15H2,1-4H3,(H,24,28). The van der Waals surface area contributed by atoms with Crippen LogP contribution in [0.2, 0.25) is 5.02 Å².